The molecule has 1 aliphatic carbocycles. The Labute approximate surface area is 115 Å². The maximum absolute atomic E-state index is 11.7. The van der Waals surface area contributed by atoms with E-state index in [9.17, 15) is 14.7 Å². The Morgan fingerprint density at radius 3 is 2.21 bits per heavy atom. The zero-order valence-corrected chi connectivity index (χ0v) is 12.2. The molecule has 0 aliphatic heterocycles. The van der Waals surface area contributed by atoms with Crippen molar-refractivity contribution in [2.75, 3.05) is 13.1 Å². The fraction of sp³-hybridized carbons (Fsp3) is 0.857. The van der Waals surface area contributed by atoms with Gasteiger partial charge in [-0.15, -0.1) is 0 Å². The first-order valence-electron chi connectivity index (χ1n) is 7.00. The third-order valence-electron chi connectivity index (χ3n) is 3.67. The number of carbonyl (C=O) groups excluding carboxylic acids is 1. The Hall–Kier alpha value is -1.10. The number of carbonyl (C=O) groups is 2. The number of amides is 1. The van der Waals surface area contributed by atoms with Gasteiger partial charge in [0.05, 0.1) is 12.0 Å². The van der Waals surface area contributed by atoms with Gasteiger partial charge < -0.3 is 15.7 Å². The lowest BCUT2D eigenvalue weighted by Crippen LogP contribution is -2.48. The summed E-state index contributed by atoms with van der Waals surface area (Å²) in [6, 6.07) is 0. The average molecular weight is 270 g/mol. The molecule has 5 nitrogen and oxygen atoms in total. The lowest BCUT2D eigenvalue weighted by Gasteiger charge is -2.33. The molecule has 5 heteroatoms. The van der Waals surface area contributed by atoms with E-state index in [1.54, 1.807) is 0 Å². The summed E-state index contributed by atoms with van der Waals surface area (Å²) in [5.74, 6) is -0.919. The van der Waals surface area contributed by atoms with Gasteiger partial charge in [0.1, 0.15) is 0 Å². The van der Waals surface area contributed by atoms with Crippen LogP contribution in [-0.2, 0) is 9.59 Å². The summed E-state index contributed by atoms with van der Waals surface area (Å²) < 4.78 is 0. The molecule has 1 fully saturated rings. The maximum Gasteiger partial charge on any atom is 0.311 e. The first-order chi connectivity index (χ1) is 8.75. The van der Waals surface area contributed by atoms with Crippen LogP contribution in [0.1, 0.15) is 52.9 Å². The van der Waals surface area contributed by atoms with E-state index in [4.69, 9.17) is 0 Å². The Morgan fingerprint density at radius 1 is 1.16 bits per heavy atom. The molecule has 0 spiro atoms. The Bertz CT molecular complexity index is 328. The minimum absolute atomic E-state index is 0.118. The van der Waals surface area contributed by atoms with Crippen LogP contribution in [0.4, 0.5) is 0 Å². The van der Waals surface area contributed by atoms with Gasteiger partial charge in [-0.05, 0) is 33.6 Å². The van der Waals surface area contributed by atoms with E-state index in [2.05, 4.69) is 10.6 Å². The summed E-state index contributed by atoms with van der Waals surface area (Å²) in [7, 11) is 0. The van der Waals surface area contributed by atoms with E-state index >= 15 is 0 Å². The van der Waals surface area contributed by atoms with Gasteiger partial charge in [-0.25, -0.2) is 0 Å². The molecule has 0 aromatic rings. The molecule has 0 saturated heterocycles. The maximum atomic E-state index is 11.7. The molecule has 0 bridgehead atoms. The van der Waals surface area contributed by atoms with Crippen LogP contribution >= 0.6 is 0 Å². The third kappa shape index (κ3) is 5.19. The van der Waals surface area contributed by atoms with Crippen molar-refractivity contribution in [2.45, 2.75) is 58.4 Å². The summed E-state index contributed by atoms with van der Waals surface area (Å²) >= 11 is 0. The van der Waals surface area contributed by atoms with Gasteiger partial charge in [-0.1, -0.05) is 19.3 Å². The molecule has 1 rings (SSSR count). The fourth-order valence-electron chi connectivity index (χ4n) is 2.37. The normalized spacial score (nSPS) is 18.9. The van der Waals surface area contributed by atoms with Crippen LogP contribution in [0.25, 0.3) is 0 Å². The molecule has 1 aliphatic rings. The Balaban J connectivity index is 2.44. The molecule has 0 heterocycles. The monoisotopic (exact) mass is 270 g/mol. The lowest BCUT2D eigenvalue weighted by molar-refractivity contribution is -0.151. The second-order valence-corrected chi connectivity index (χ2v) is 6.53. The summed E-state index contributed by atoms with van der Waals surface area (Å²) in [5, 5.41) is 15.3. The molecular formula is C14H26N2O3. The highest BCUT2D eigenvalue weighted by atomic mass is 16.4. The van der Waals surface area contributed by atoms with Crippen molar-refractivity contribution in [1.29, 1.82) is 0 Å². The van der Waals surface area contributed by atoms with E-state index in [0.29, 0.717) is 12.8 Å². The van der Waals surface area contributed by atoms with Crippen molar-refractivity contribution in [2.24, 2.45) is 5.41 Å². The van der Waals surface area contributed by atoms with Gasteiger partial charge in [-0.2, -0.15) is 0 Å². The van der Waals surface area contributed by atoms with E-state index in [1.165, 1.54) is 0 Å². The fourth-order valence-corrected chi connectivity index (χ4v) is 2.37. The number of rotatable bonds is 5. The van der Waals surface area contributed by atoms with E-state index in [-0.39, 0.29) is 24.5 Å². The van der Waals surface area contributed by atoms with Crippen LogP contribution in [-0.4, -0.2) is 35.6 Å². The van der Waals surface area contributed by atoms with Crippen LogP contribution < -0.4 is 10.6 Å². The largest absolute Gasteiger partial charge is 0.481 e. The molecule has 1 saturated carbocycles. The minimum Gasteiger partial charge on any atom is -0.481 e. The molecule has 3 N–H and O–H groups in total. The summed E-state index contributed by atoms with van der Waals surface area (Å²) in [4.78, 5) is 23.2. The predicted molar refractivity (Wildman–Crippen MR) is 73.9 cm³/mol. The highest BCUT2D eigenvalue weighted by Crippen LogP contribution is 2.35. The van der Waals surface area contributed by atoms with Crippen molar-refractivity contribution in [3.8, 4) is 0 Å². The summed E-state index contributed by atoms with van der Waals surface area (Å²) in [6.45, 7) is 6.42. The zero-order chi connectivity index (χ0) is 14.5. The van der Waals surface area contributed by atoms with E-state index in [0.717, 1.165) is 19.3 Å². The average Bonchev–Trinajstić information content (AvgIpc) is 2.34. The van der Waals surface area contributed by atoms with Gasteiger partial charge in [0.15, 0.2) is 0 Å². The molecular weight excluding hydrogens is 244 g/mol. The molecule has 0 unspecified atom stereocenters. The highest BCUT2D eigenvalue weighted by Gasteiger charge is 2.39. The van der Waals surface area contributed by atoms with E-state index in [1.807, 2.05) is 20.8 Å². The number of nitrogens with one attached hydrogen (secondary N) is 2. The van der Waals surface area contributed by atoms with Gasteiger partial charge in [0.25, 0.3) is 0 Å². The van der Waals surface area contributed by atoms with Gasteiger partial charge in [0, 0.05) is 12.1 Å². The number of aliphatic carboxylic acids is 1. The SMILES string of the molecule is CC(C)(C)NCC(=O)NCC1(C(=O)O)CCCCC1. The van der Waals surface area contributed by atoms with Gasteiger partial charge >= 0.3 is 5.97 Å². The first-order valence-corrected chi connectivity index (χ1v) is 7.00. The number of carboxylic acids is 1. The summed E-state index contributed by atoms with van der Waals surface area (Å²) in [6.07, 6.45) is 4.28. The standard InChI is InChI=1S/C14H26N2O3/c1-13(2,3)16-9-11(17)15-10-14(12(18)19)7-5-4-6-8-14/h16H,4-10H2,1-3H3,(H,15,17)(H,18,19). The third-order valence-corrected chi connectivity index (χ3v) is 3.67. The van der Waals surface area contributed by atoms with Gasteiger partial charge in [0.2, 0.25) is 5.91 Å². The van der Waals surface area contributed by atoms with Crippen molar-refractivity contribution in [3.63, 3.8) is 0 Å². The second kappa shape index (κ2) is 6.37. The number of hydrogen-bond acceptors (Lipinski definition) is 3. The number of hydrogen-bond donors (Lipinski definition) is 3. The van der Waals surface area contributed by atoms with Crippen LogP contribution in [0.5, 0.6) is 0 Å². The first kappa shape index (κ1) is 16.0. The smallest absolute Gasteiger partial charge is 0.311 e. The molecule has 0 radical (unpaired) electrons. The molecule has 110 valence electrons. The molecule has 0 atom stereocenters. The Kier molecular flexibility index (Phi) is 5.35. The molecule has 1 amide bonds. The van der Waals surface area contributed by atoms with Crippen LogP contribution in [0.2, 0.25) is 0 Å². The van der Waals surface area contributed by atoms with Crippen molar-refractivity contribution >= 4 is 11.9 Å². The van der Waals surface area contributed by atoms with Crippen molar-refractivity contribution < 1.29 is 14.7 Å². The van der Waals surface area contributed by atoms with Crippen LogP contribution in [0.15, 0.2) is 0 Å². The van der Waals surface area contributed by atoms with Crippen LogP contribution in [0.3, 0.4) is 0 Å². The van der Waals surface area contributed by atoms with Crippen LogP contribution in [0, 0.1) is 5.41 Å². The topological polar surface area (TPSA) is 78.4 Å². The van der Waals surface area contributed by atoms with E-state index < -0.39 is 11.4 Å². The van der Waals surface area contributed by atoms with Gasteiger partial charge in [-0.3, -0.25) is 9.59 Å². The number of carboxylic acid groups (broad SMARTS) is 1. The molecule has 0 aromatic heterocycles. The van der Waals surface area contributed by atoms with Crippen molar-refractivity contribution in [3.05, 3.63) is 0 Å². The zero-order valence-electron chi connectivity index (χ0n) is 12.2. The predicted octanol–water partition coefficient (Wildman–Crippen LogP) is 1.53. The lowest BCUT2D eigenvalue weighted by atomic mass is 9.74. The molecule has 0 aromatic carbocycles. The quantitative estimate of drug-likeness (QED) is 0.708. The minimum atomic E-state index is -0.781. The molecule has 19 heavy (non-hydrogen) atoms. The second-order valence-electron chi connectivity index (χ2n) is 6.53. The Morgan fingerprint density at radius 2 is 1.74 bits per heavy atom. The highest BCUT2D eigenvalue weighted by molar-refractivity contribution is 5.80. The van der Waals surface area contributed by atoms with Crippen molar-refractivity contribution in [1.82, 2.24) is 10.6 Å². The summed E-state index contributed by atoms with van der Waals surface area (Å²) in [5.41, 5.74) is -0.873.